The number of benzene rings is 1. The number of hydrogen-bond donors (Lipinski definition) is 1. The summed E-state index contributed by atoms with van der Waals surface area (Å²) < 4.78 is 0. The molecular weight excluding hydrogens is 238 g/mol. The Hall–Kier alpha value is -1.86. The average molecular weight is 257 g/mol. The van der Waals surface area contributed by atoms with Crippen LogP contribution in [0.3, 0.4) is 0 Å². The van der Waals surface area contributed by atoms with Gasteiger partial charge < -0.3 is 10.2 Å². The standard InChI is InChI=1S/C15H19N3O/c1-11-10-18(2)7-6-14(11)17-15(19)13-5-3-4-12(8-13)9-16/h3-5,8,11,14H,6-7,10H2,1-2H3,(H,17,19). The predicted molar refractivity (Wildman–Crippen MR) is 73.7 cm³/mol. The van der Waals surface area contributed by atoms with E-state index in [2.05, 4.69) is 30.3 Å². The minimum Gasteiger partial charge on any atom is -0.349 e. The third-order valence-electron chi connectivity index (χ3n) is 3.68. The summed E-state index contributed by atoms with van der Waals surface area (Å²) in [7, 11) is 2.10. The van der Waals surface area contributed by atoms with Crippen molar-refractivity contribution in [2.75, 3.05) is 20.1 Å². The highest BCUT2D eigenvalue weighted by Gasteiger charge is 2.25. The Kier molecular flexibility index (Phi) is 4.18. The average Bonchev–Trinajstić information content (AvgIpc) is 2.42. The van der Waals surface area contributed by atoms with Crippen LogP contribution in [0.4, 0.5) is 0 Å². The maximum Gasteiger partial charge on any atom is 0.251 e. The van der Waals surface area contributed by atoms with Gasteiger partial charge in [-0.3, -0.25) is 4.79 Å². The normalized spacial score (nSPS) is 23.6. The van der Waals surface area contributed by atoms with Gasteiger partial charge in [-0.25, -0.2) is 0 Å². The first kappa shape index (κ1) is 13.6. The number of likely N-dealkylation sites (tertiary alicyclic amines) is 1. The number of carbonyl (C=O) groups excluding carboxylic acids is 1. The molecule has 0 aliphatic carbocycles. The Morgan fingerprint density at radius 1 is 1.53 bits per heavy atom. The molecule has 1 heterocycles. The summed E-state index contributed by atoms with van der Waals surface area (Å²) in [6, 6.07) is 9.10. The highest BCUT2D eigenvalue weighted by molar-refractivity contribution is 5.94. The lowest BCUT2D eigenvalue weighted by Crippen LogP contribution is -2.48. The van der Waals surface area contributed by atoms with E-state index >= 15 is 0 Å². The SMILES string of the molecule is CC1CN(C)CCC1NC(=O)c1cccc(C#N)c1. The first-order chi connectivity index (χ1) is 9.10. The van der Waals surface area contributed by atoms with Crippen LogP contribution in [0.2, 0.25) is 0 Å². The van der Waals surface area contributed by atoms with E-state index in [9.17, 15) is 4.79 Å². The van der Waals surface area contributed by atoms with Gasteiger partial charge in [-0.15, -0.1) is 0 Å². The quantitative estimate of drug-likeness (QED) is 0.876. The lowest BCUT2D eigenvalue weighted by atomic mass is 9.94. The lowest BCUT2D eigenvalue weighted by molar-refractivity contribution is 0.0884. The zero-order chi connectivity index (χ0) is 13.8. The van der Waals surface area contributed by atoms with Gasteiger partial charge in [-0.05, 0) is 44.1 Å². The first-order valence-corrected chi connectivity index (χ1v) is 6.59. The highest BCUT2D eigenvalue weighted by atomic mass is 16.1. The molecule has 0 bridgehead atoms. The van der Waals surface area contributed by atoms with Gasteiger partial charge in [0.2, 0.25) is 0 Å². The molecule has 0 radical (unpaired) electrons. The summed E-state index contributed by atoms with van der Waals surface area (Å²) in [6.45, 7) is 4.17. The van der Waals surface area contributed by atoms with Gasteiger partial charge in [0.05, 0.1) is 11.6 Å². The number of piperidine rings is 1. The molecule has 1 N–H and O–H groups in total. The molecule has 19 heavy (non-hydrogen) atoms. The highest BCUT2D eigenvalue weighted by Crippen LogP contribution is 2.16. The van der Waals surface area contributed by atoms with Gasteiger partial charge in [0.25, 0.3) is 5.91 Å². The molecule has 100 valence electrons. The van der Waals surface area contributed by atoms with Crippen molar-refractivity contribution >= 4 is 5.91 Å². The molecule has 1 aliphatic rings. The Labute approximate surface area is 114 Å². The molecule has 1 fully saturated rings. The predicted octanol–water partition coefficient (Wildman–Crippen LogP) is 1.63. The minimum atomic E-state index is -0.0847. The van der Waals surface area contributed by atoms with E-state index in [4.69, 9.17) is 5.26 Å². The van der Waals surface area contributed by atoms with Crippen molar-refractivity contribution in [1.29, 1.82) is 5.26 Å². The molecule has 4 nitrogen and oxygen atoms in total. The van der Waals surface area contributed by atoms with E-state index in [1.165, 1.54) is 0 Å². The summed E-state index contributed by atoms with van der Waals surface area (Å²) in [5.74, 6) is 0.361. The van der Waals surface area contributed by atoms with Crippen LogP contribution in [-0.4, -0.2) is 37.0 Å². The molecule has 1 aromatic rings. The van der Waals surface area contributed by atoms with Crippen molar-refractivity contribution in [3.8, 4) is 6.07 Å². The topological polar surface area (TPSA) is 56.1 Å². The van der Waals surface area contributed by atoms with Crippen LogP contribution < -0.4 is 5.32 Å². The summed E-state index contributed by atoms with van der Waals surface area (Å²) in [5.41, 5.74) is 1.08. The van der Waals surface area contributed by atoms with Gasteiger partial charge in [0, 0.05) is 18.2 Å². The van der Waals surface area contributed by atoms with E-state index < -0.39 is 0 Å². The molecule has 2 unspecified atom stereocenters. The van der Waals surface area contributed by atoms with Crippen LogP contribution in [-0.2, 0) is 0 Å². The second-order valence-electron chi connectivity index (χ2n) is 5.30. The molecule has 2 atom stereocenters. The van der Waals surface area contributed by atoms with Gasteiger partial charge in [0.15, 0.2) is 0 Å². The monoisotopic (exact) mass is 257 g/mol. The fourth-order valence-electron chi connectivity index (χ4n) is 2.55. The van der Waals surface area contributed by atoms with Crippen LogP contribution in [0.15, 0.2) is 24.3 Å². The Morgan fingerprint density at radius 3 is 3.00 bits per heavy atom. The van der Waals surface area contributed by atoms with Gasteiger partial charge in [-0.1, -0.05) is 13.0 Å². The molecule has 1 aromatic carbocycles. The van der Waals surface area contributed by atoms with E-state index in [0.29, 0.717) is 17.0 Å². The van der Waals surface area contributed by atoms with Gasteiger partial charge in [-0.2, -0.15) is 5.26 Å². The fourth-order valence-corrected chi connectivity index (χ4v) is 2.55. The Balaban J connectivity index is 2.03. The summed E-state index contributed by atoms with van der Waals surface area (Å²) in [5, 5.41) is 11.9. The van der Waals surface area contributed by atoms with Crippen molar-refractivity contribution < 1.29 is 4.79 Å². The smallest absolute Gasteiger partial charge is 0.251 e. The lowest BCUT2D eigenvalue weighted by Gasteiger charge is -2.35. The van der Waals surface area contributed by atoms with Crippen LogP contribution in [0, 0.1) is 17.2 Å². The van der Waals surface area contributed by atoms with E-state index in [-0.39, 0.29) is 11.9 Å². The zero-order valence-corrected chi connectivity index (χ0v) is 11.4. The van der Waals surface area contributed by atoms with Gasteiger partial charge in [0.1, 0.15) is 0 Å². The van der Waals surface area contributed by atoms with E-state index in [0.717, 1.165) is 19.5 Å². The molecule has 1 saturated heterocycles. The number of nitriles is 1. The molecule has 1 aliphatic heterocycles. The molecule has 2 rings (SSSR count). The van der Waals surface area contributed by atoms with Crippen LogP contribution in [0.1, 0.15) is 29.3 Å². The Bertz CT molecular complexity index is 506. The summed E-state index contributed by atoms with van der Waals surface area (Å²) in [6.07, 6.45) is 0.974. The molecule has 1 amide bonds. The summed E-state index contributed by atoms with van der Waals surface area (Å²) >= 11 is 0. The number of carbonyl (C=O) groups is 1. The largest absolute Gasteiger partial charge is 0.349 e. The van der Waals surface area contributed by atoms with Crippen LogP contribution in [0.5, 0.6) is 0 Å². The minimum absolute atomic E-state index is 0.0847. The fraction of sp³-hybridized carbons (Fsp3) is 0.467. The molecular formula is C15H19N3O. The van der Waals surface area contributed by atoms with Crippen molar-refractivity contribution in [2.24, 2.45) is 5.92 Å². The number of hydrogen-bond acceptors (Lipinski definition) is 3. The number of nitrogens with one attached hydrogen (secondary N) is 1. The number of rotatable bonds is 2. The Morgan fingerprint density at radius 2 is 2.32 bits per heavy atom. The van der Waals surface area contributed by atoms with Crippen molar-refractivity contribution in [2.45, 2.75) is 19.4 Å². The third-order valence-corrected chi connectivity index (χ3v) is 3.68. The maximum atomic E-state index is 12.2. The molecule has 0 saturated carbocycles. The van der Waals surface area contributed by atoms with Gasteiger partial charge >= 0.3 is 0 Å². The second-order valence-corrected chi connectivity index (χ2v) is 5.30. The maximum absolute atomic E-state index is 12.2. The summed E-state index contributed by atoms with van der Waals surface area (Å²) in [4.78, 5) is 14.5. The molecule has 0 spiro atoms. The van der Waals surface area contributed by atoms with Crippen molar-refractivity contribution in [3.63, 3.8) is 0 Å². The molecule has 0 aromatic heterocycles. The number of nitrogens with zero attached hydrogens (tertiary/aromatic N) is 2. The third kappa shape index (κ3) is 3.33. The number of amides is 1. The second kappa shape index (κ2) is 5.85. The first-order valence-electron chi connectivity index (χ1n) is 6.59. The van der Waals surface area contributed by atoms with Crippen molar-refractivity contribution in [1.82, 2.24) is 10.2 Å². The molecule has 4 heteroatoms. The van der Waals surface area contributed by atoms with E-state index in [1.807, 2.05) is 0 Å². The van der Waals surface area contributed by atoms with Crippen LogP contribution >= 0.6 is 0 Å². The van der Waals surface area contributed by atoms with E-state index in [1.54, 1.807) is 24.3 Å². The van der Waals surface area contributed by atoms with Crippen molar-refractivity contribution in [3.05, 3.63) is 35.4 Å². The zero-order valence-electron chi connectivity index (χ0n) is 11.4. The van der Waals surface area contributed by atoms with Crippen LogP contribution in [0.25, 0.3) is 0 Å².